The first-order chi connectivity index (χ1) is 12.2. The van der Waals surface area contributed by atoms with E-state index in [2.05, 4.69) is 4.98 Å². The second-order valence-corrected chi connectivity index (χ2v) is 7.40. The average molecular weight is 356 g/mol. The monoisotopic (exact) mass is 356 g/mol. The molecule has 0 aliphatic carbocycles. The van der Waals surface area contributed by atoms with E-state index in [9.17, 15) is 9.18 Å². The maximum absolute atomic E-state index is 14.7. The first kappa shape index (κ1) is 18.5. The molecule has 1 aliphatic heterocycles. The Hall–Kier alpha value is -2.25. The van der Waals surface area contributed by atoms with Gasteiger partial charge >= 0.3 is 7.12 Å². The second-order valence-electron chi connectivity index (χ2n) is 7.40. The molecule has 0 unspecified atom stereocenters. The summed E-state index contributed by atoms with van der Waals surface area (Å²) >= 11 is 0. The van der Waals surface area contributed by atoms with Crippen molar-refractivity contribution < 1.29 is 13.7 Å². The van der Waals surface area contributed by atoms with Gasteiger partial charge in [-0.2, -0.15) is 0 Å². The molecule has 2 aromatic heterocycles. The topological polar surface area (TPSA) is 53.4 Å². The number of hydrogen-bond acceptors (Lipinski definition) is 4. The third-order valence-electron chi connectivity index (χ3n) is 4.89. The van der Waals surface area contributed by atoms with E-state index in [-0.39, 0.29) is 5.56 Å². The lowest BCUT2D eigenvalue weighted by molar-refractivity contribution is 0.00578. The van der Waals surface area contributed by atoms with Gasteiger partial charge in [0.2, 0.25) is 0 Å². The summed E-state index contributed by atoms with van der Waals surface area (Å²) in [6.07, 6.45) is 6.29. The lowest BCUT2D eigenvalue weighted by atomic mass is 9.87. The molecule has 0 atom stereocenters. The SMILES string of the molecule is CC1(C)OB(C(F)=Cc2ccc(=O)n(Cc3ccncc3)c2)OC1(C)C. The van der Waals surface area contributed by atoms with Crippen LogP contribution >= 0.6 is 0 Å². The number of aromatic nitrogens is 2. The molecule has 0 amide bonds. The van der Waals surface area contributed by atoms with E-state index < -0.39 is 24.0 Å². The van der Waals surface area contributed by atoms with Gasteiger partial charge in [-0.1, -0.05) is 0 Å². The van der Waals surface area contributed by atoms with Crippen molar-refractivity contribution in [2.75, 3.05) is 0 Å². The van der Waals surface area contributed by atoms with Gasteiger partial charge < -0.3 is 13.9 Å². The van der Waals surface area contributed by atoms with Crippen molar-refractivity contribution in [3.63, 3.8) is 0 Å². The van der Waals surface area contributed by atoms with Crippen LogP contribution in [0.1, 0.15) is 38.8 Å². The molecule has 0 N–H and O–H groups in total. The van der Waals surface area contributed by atoms with Crippen molar-refractivity contribution in [2.24, 2.45) is 0 Å². The Morgan fingerprint density at radius 1 is 1.15 bits per heavy atom. The first-order valence-electron chi connectivity index (χ1n) is 8.50. The van der Waals surface area contributed by atoms with E-state index in [1.807, 2.05) is 39.8 Å². The molecule has 5 nitrogen and oxygen atoms in total. The minimum Gasteiger partial charge on any atom is -0.398 e. The minimum absolute atomic E-state index is 0.157. The van der Waals surface area contributed by atoms with Crippen molar-refractivity contribution in [2.45, 2.75) is 45.4 Å². The molecule has 7 heteroatoms. The third kappa shape index (κ3) is 3.79. The van der Waals surface area contributed by atoms with Crippen LogP contribution in [-0.4, -0.2) is 27.9 Å². The standard InChI is InChI=1S/C19H22BFN2O3/c1-18(2)19(3,4)26-20(25-18)16(21)11-15-5-6-17(24)23(13-15)12-14-7-9-22-10-8-14/h5-11,13H,12H2,1-4H3. The normalized spacial score (nSPS) is 19.0. The van der Waals surface area contributed by atoms with E-state index >= 15 is 0 Å². The zero-order chi connectivity index (χ0) is 18.9. The Morgan fingerprint density at radius 2 is 1.77 bits per heavy atom. The van der Waals surface area contributed by atoms with E-state index in [0.717, 1.165) is 5.56 Å². The van der Waals surface area contributed by atoms with Gasteiger partial charge in [0.05, 0.1) is 17.7 Å². The molecule has 0 saturated carbocycles. The number of hydrogen-bond donors (Lipinski definition) is 0. The number of halogens is 1. The van der Waals surface area contributed by atoms with Crippen LogP contribution in [0.5, 0.6) is 0 Å². The van der Waals surface area contributed by atoms with Crippen LogP contribution in [-0.2, 0) is 15.9 Å². The average Bonchev–Trinajstić information content (AvgIpc) is 2.80. The van der Waals surface area contributed by atoms with Crippen LogP contribution in [0, 0.1) is 0 Å². The highest BCUT2D eigenvalue weighted by Crippen LogP contribution is 2.39. The van der Waals surface area contributed by atoms with Gasteiger partial charge in [-0.25, -0.2) is 4.39 Å². The fraction of sp³-hybridized carbons (Fsp3) is 0.368. The largest absolute Gasteiger partial charge is 0.525 e. The molecule has 1 fully saturated rings. The molecule has 1 aliphatic rings. The summed E-state index contributed by atoms with van der Waals surface area (Å²) in [5, 5.41) is 0. The Labute approximate surface area is 152 Å². The third-order valence-corrected chi connectivity index (χ3v) is 4.89. The molecular formula is C19H22BFN2O3. The van der Waals surface area contributed by atoms with Gasteiger partial charge in [-0.05, 0) is 63.1 Å². The lowest BCUT2D eigenvalue weighted by Gasteiger charge is -2.32. The predicted octanol–water partition coefficient (Wildman–Crippen LogP) is 3.23. The zero-order valence-corrected chi connectivity index (χ0v) is 15.4. The van der Waals surface area contributed by atoms with Crippen molar-refractivity contribution in [1.29, 1.82) is 0 Å². The summed E-state index contributed by atoms with van der Waals surface area (Å²) in [6, 6.07) is 6.67. The highest BCUT2D eigenvalue weighted by Gasteiger charge is 2.53. The Kier molecular flexibility index (Phi) is 4.86. The maximum atomic E-state index is 14.7. The Morgan fingerprint density at radius 3 is 2.38 bits per heavy atom. The van der Waals surface area contributed by atoms with Crippen LogP contribution in [0.2, 0.25) is 0 Å². The minimum atomic E-state index is -1.06. The van der Waals surface area contributed by atoms with Crippen LogP contribution in [0.4, 0.5) is 4.39 Å². The second kappa shape index (κ2) is 6.81. The van der Waals surface area contributed by atoms with Gasteiger partial charge in [0.15, 0.2) is 0 Å². The molecule has 0 radical (unpaired) electrons. The van der Waals surface area contributed by atoms with E-state index in [4.69, 9.17) is 9.31 Å². The molecule has 0 bridgehead atoms. The van der Waals surface area contributed by atoms with Gasteiger partial charge in [0.25, 0.3) is 5.56 Å². The molecule has 1 saturated heterocycles. The fourth-order valence-corrected chi connectivity index (χ4v) is 2.63. The van der Waals surface area contributed by atoms with Gasteiger partial charge in [-0.15, -0.1) is 0 Å². The lowest BCUT2D eigenvalue weighted by Crippen LogP contribution is -2.41. The maximum Gasteiger partial charge on any atom is 0.525 e. The molecule has 0 aromatic carbocycles. The molecule has 26 heavy (non-hydrogen) atoms. The Balaban J connectivity index is 1.83. The number of nitrogens with zero attached hydrogens (tertiary/aromatic N) is 2. The highest BCUT2D eigenvalue weighted by atomic mass is 19.1. The molecule has 136 valence electrons. The fourth-order valence-electron chi connectivity index (χ4n) is 2.63. The van der Waals surface area contributed by atoms with Crippen molar-refractivity contribution in [1.82, 2.24) is 9.55 Å². The van der Waals surface area contributed by atoms with E-state index in [1.54, 1.807) is 24.7 Å². The number of pyridine rings is 2. The van der Waals surface area contributed by atoms with E-state index in [0.29, 0.717) is 12.1 Å². The van der Waals surface area contributed by atoms with Crippen LogP contribution in [0.25, 0.3) is 6.08 Å². The van der Waals surface area contributed by atoms with Crippen LogP contribution < -0.4 is 5.56 Å². The van der Waals surface area contributed by atoms with Gasteiger partial charge in [0.1, 0.15) is 5.73 Å². The summed E-state index contributed by atoms with van der Waals surface area (Å²) < 4.78 is 27.6. The summed E-state index contributed by atoms with van der Waals surface area (Å²) in [4.78, 5) is 16.0. The summed E-state index contributed by atoms with van der Waals surface area (Å²) in [6.45, 7) is 7.87. The van der Waals surface area contributed by atoms with Crippen LogP contribution in [0.3, 0.4) is 0 Å². The number of rotatable bonds is 4. The molecule has 2 aromatic rings. The Bertz CT molecular complexity index is 862. The highest BCUT2D eigenvalue weighted by molar-refractivity contribution is 6.54. The summed E-state index contributed by atoms with van der Waals surface area (Å²) in [5.41, 5.74) is -0.403. The molecular weight excluding hydrogens is 334 g/mol. The van der Waals surface area contributed by atoms with E-state index in [1.165, 1.54) is 16.7 Å². The summed E-state index contributed by atoms with van der Waals surface area (Å²) in [5.74, 6) is 0. The van der Waals surface area contributed by atoms with Gasteiger partial charge in [0, 0.05) is 24.7 Å². The van der Waals surface area contributed by atoms with Crippen molar-refractivity contribution in [3.05, 3.63) is 70.1 Å². The molecule has 0 spiro atoms. The quantitative estimate of drug-likeness (QED) is 0.790. The predicted molar refractivity (Wildman–Crippen MR) is 99.2 cm³/mol. The smallest absolute Gasteiger partial charge is 0.398 e. The summed E-state index contributed by atoms with van der Waals surface area (Å²) in [7, 11) is -1.06. The van der Waals surface area contributed by atoms with Crippen molar-refractivity contribution >= 4 is 13.2 Å². The molecule has 3 heterocycles. The van der Waals surface area contributed by atoms with Crippen molar-refractivity contribution in [3.8, 4) is 0 Å². The van der Waals surface area contributed by atoms with Crippen LogP contribution in [0.15, 0.2) is 53.4 Å². The zero-order valence-electron chi connectivity index (χ0n) is 15.4. The van der Waals surface area contributed by atoms with Gasteiger partial charge in [-0.3, -0.25) is 9.78 Å². The first-order valence-corrected chi connectivity index (χ1v) is 8.50. The molecule has 3 rings (SSSR count).